The number of hydrogen-bond acceptors (Lipinski definition) is 0. The predicted octanol–water partition coefficient (Wildman–Crippen LogP) is 4.48. The molecule has 0 saturated heterocycles. The van der Waals surface area contributed by atoms with Crippen molar-refractivity contribution in [2.45, 2.75) is 38.5 Å². The molecule has 0 unspecified atom stereocenters. The number of benzene rings is 1. The van der Waals surface area contributed by atoms with Gasteiger partial charge < -0.3 is 0 Å². The molecule has 0 spiro atoms. The lowest BCUT2D eigenvalue weighted by atomic mass is 9.92. The highest BCUT2D eigenvalue weighted by molar-refractivity contribution is 5.37. The van der Waals surface area contributed by atoms with Crippen LogP contribution < -0.4 is 0 Å². The molecular formula is C16H20. The largest absolute Gasteiger partial charge is 0.129 e. The van der Waals surface area contributed by atoms with Crippen molar-refractivity contribution in [3.8, 4) is 0 Å². The first-order valence-electron chi connectivity index (χ1n) is 6.16. The van der Waals surface area contributed by atoms with Crippen LogP contribution in [0.1, 0.15) is 38.7 Å². The summed E-state index contributed by atoms with van der Waals surface area (Å²) in [6, 6.07) is 10.8. The smallest absolute Gasteiger partial charge is 0.000278 e. The Bertz CT molecular complexity index is 409. The molecular weight excluding hydrogens is 192 g/mol. The molecule has 1 saturated carbocycles. The first kappa shape index (κ1) is 11.2. The molecule has 84 valence electrons. The van der Waals surface area contributed by atoms with E-state index in [0.29, 0.717) is 11.3 Å². The van der Waals surface area contributed by atoms with E-state index in [-0.39, 0.29) is 0 Å². The summed E-state index contributed by atoms with van der Waals surface area (Å²) in [6.45, 7) is 8.42. The lowest BCUT2D eigenvalue weighted by molar-refractivity contribution is 0.690. The van der Waals surface area contributed by atoms with Crippen molar-refractivity contribution >= 4 is 0 Å². The Hall–Kier alpha value is -1.26. The van der Waals surface area contributed by atoms with E-state index < -0.39 is 0 Å². The van der Waals surface area contributed by atoms with E-state index in [1.807, 2.05) is 0 Å². The SMILES string of the molecule is C=C=C(CCC)[C@H]1C[C@@]1(C)c1ccccc1. The zero-order chi connectivity index (χ0) is 11.6. The van der Waals surface area contributed by atoms with Crippen LogP contribution in [0.4, 0.5) is 0 Å². The lowest BCUT2D eigenvalue weighted by Gasteiger charge is -2.12. The predicted molar refractivity (Wildman–Crippen MR) is 69.5 cm³/mol. The second-order valence-corrected chi connectivity index (χ2v) is 4.99. The zero-order valence-electron chi connectivity index (χ0n) is 10.3. The third-order valence-electron chi connectivity index (χ3n) is 3.84. The van der Waals surface area contributed by atoms with E-state index in [1.54, 1.807) is 0 Å². The second-order valence-electron chi connectivity index (χ2n) is 4.99. The van der Waals surface area contributed by atoms with Gasteiger partial charge in [-0.2, -0.15) is 0 Å². The summed E-state index contributed by atoms with van der Waals surface area (Å²) in [5.74, 6) is 0.673. The van der Waals surface area contributed by atoms with Crippen molar-refractivity contribution in [2.75, 3.05) is 0 Å². The van der Waals surface area contributed by atoms with Crippen molar-refractivity contribution in [1.29, 1.82) is 0 Å². The van der Waals surface area contributed by atoms with Gasteiger partial charge in [0.2, 0.25) is 0 Å². The van der Waals surface area contributed by atoms with E-state index in [4.69, 9.17) is 0 Å². The molecule has 0 heterocycles. The van der Waals surface area contributed by atoms with Crippen molar-refractivity contribution in [3.05, 3.63) is 53.8 Å². The van der Waals surface area contributed by atoms with Gasteiger partial charge in [0.25, 0.3) is 0 Å². The average Bonchev–Trinajstić information content (AvgIpc) is 3.01. The summed E-state index contributed by atoms with van der Waals surface area (Å²) in [4.78, 5) is 0. The van der Waals surface area contributed by atoms with E-state index in [2.05, 4.69) is 56.5 Å². The fraction of sp³-hybridized carbons (Fsp3) is 0.438. The van der Waals surface area contributed by atoms with Crippen molar-refractivity contribution < 1.29 is 0 Å². The molecule has 0 aromatic heterocycles. The van der Waals surface area contributed by atoms with Gasteiger partial charge in [0, 0.05) is 5.41 Å². The van der Waals surface area contributed by atoms with Gasteiger partial charge in [-0.15, -0.1) is 5.73 Å². The average molecular weight is 212 g/mol. The highest BCUT2D eigenvalue weighted by Crippen LogP contribution is 2.57. The molecule has 0 heteroatoms. The molecule has 2 rings (SSSR count). The van der Waals surface area contributed by atoms with Gasteiger partial charge in [0.1, 0.15) is 0 Å². The Balaban J connectivity index is 2.18. The molecule has 0 radical (unpaired) electrons. The van der Waals surface area contributed by atoms with Gasteiger partial charge in [-0.05, 0) is 29.9 Å². The van der Waals surface area contributed by atoms with Gasteiger partial charge in [-0.25, -0.2) is 0 Å². The van der Waals surface area contributed by atoms with Crippen LogP contribution in [0.15, 0.2) is 48.2 Å². The highest BCUT2D eigenvalue weighted by atomic mass is 14.5. The lowest BCUT2D eigenvalue weighted by Crippen LogP contribution is -2.05. The van der Waals surface area contributed by atoms with Crippen LogP contribution in [0.25, 0.3) is 0 Å². The third kappa shape index (κ3) is 1.86. The fourth-order valence-corrected chi connectivity index (χ4v) is 2.67. The maximum Gasteiger partial charge on any atom is 0.000278 e. The van der Waals surface area contributed by atoms with Crippen LogP contribution in [-0.4, -0.2) is 0 Å². The van der Waals surface area contributed by atoms with Gasteiger partial charge >= 0.3 is 0 Å². The summed E-state index contributed by atoms with van der Waals surface area (Å²) in [7, 11) is 0. The molecule has 1 aromatic carbocycles. The topological polar surface area (TPSA) is 0 Å². The van der Waals surface area contributed by atoms with Crippen LogP contribution >= 0.6 is 0 Å². The Morgan fingerprint density at radius 1 is 1.44 bits per heavy atom. The van der Waals surface area contributed by atoms with Crippen molar-refractivity contribution in [2.24, 2.45) is 5.92 Å². The minimum Gasteiger partial charge on any atom is -0.129 e. The van der Waals surface area contributed by atoms with Crippen LogP contribution in [0, 0.1) is 5.92 Å². The zero-order valence-corrected chi connectivity index (χ0v) is 10.3. The Kier molecular flexibility index (Phi) is 3.03. The van der Waals surface area contributed by atoms with Gasteiger partial charge in [-0.1, -0.05) is 57.2 Å². The Morgan fingerprint density at radius 2 is 2.12 bits per heavy atom. The molecule has 16 heavy (non-hydrogen) atoms. The Morgan fingerprint density at radius 3 is 2.69 bits per heavy atom. The van der Waals surface area contributed by atoms with Gasteiger partial charge in [0.15, 0.2) is 0 Å². The summed E-state index contributed by atoms with van der Waals surface area (Å²) in [5, 5.41) is 0. The summed E-state index contributed by atoms with van der Waals surface area (Å²) in [5.41, 5.74) is 6.39. The van der Waals surface area contributed by atoms with Crippen LogP contribution in [-0.2, 0) is 5.41 Å². The van der Waals surface area contributed by atoms with E-state index >= 15 is 0 Å². The maximum absolute atomic E-state index is 3.84. The molecule has 0 N–H and O–H groups in total. The monoisotopic (exact) mass is 212 g/mol. The number of hydrogen-bond donors (Lipinski definition) is 0. The van der Waals surface area contributed by atoms with Crippen molar-refractivity contribution in [3.63, 3.8) is 0 Å². The minimum atomic E-state index is 0.344. The minimum absolute atomic E-state index is 0.344. The molecule has 2 atom stereocenters. The first-order chi connectivity index (χ1) is 7.72. The highest BCUT2D eigenvalue weighted by Gasteiger charge is 2.52. The second kappa shape index (κ2) is 4.31. The molecule has 1 aromatic rings. The first-order valence-corrected chi connectivity index (χ1v) is 6.16. The Labute approximate surface area is 98.7 Å². The molecule has 0 bridgehead atoms. The summed E-state index contributed by atoms with van der Waals surface area (Å²) < 4.78 is 0. The van der Waals surface area contributed by atoms with Crippen molar-refractivity contribution in [1.82, 2.24) is 0 Å². The number of rotatable bonds is 4. The van der Waals surface area contributed by atoms with Crippen LogP contribution in [0.3, 0.4) is 0 Å². The molecule has 0 amide bonds. The third-order valence-corrected chi connectivity index (χ3v) is 3.84. The molecule has 1 fully saturated rings. The van der Waals surface area contributed by atoms with Crippen LogP contribution in [0.5, 0.6) is 0 Å². The van der Waals surface area contributed by atoms with E-state index in [9.17, 15) is 0 Å². The fourth-order valence-electron chi connectivity index (χ4n) is 2.67. The standard InChI is InChI=1S/C16H20/c1-4-9-13(5-2)15-12-16(15,3)14-10-7-6-8-11-14/h6-8,10-11,15H,2,4,9,12H2,1,3H3/t15-,16+/m1/s1. The quantitative estimate of drug-likeness (QED) is 0.646. The van der Waals surface area contributed by atoms with E-state index in [1.165, 1.54) is 24.0 Å². The van der Waals surface area contributed by atoms with Gasteiger partial charge in [0.05, 0.1) is 0 Å². The molecule has 0 nitrogen and oxygen atoms in total. The summed E-state index contributed by atoms with van der Waals surface area (Å²) in [6.07, 6.45) is 3.60. The summed E-state index contributed by atoms with van der Waals surface area (Å²) >= 11 is 0. The maximum atomic E-state index is 3.84. The molecule has 1 aliphatic carbocycles. The molecule has 0 aliphatic heterocycles. The molecule has 1 aliphatic rings. The van der Waals surface area contributed by atoms with Crippen LogP contribution in [0.2, 0.25) is 0 Å². The van der Waals surface area contributed by atoms with Gasteiger partial charge in [-0.3, -0.25) is 0 Å². The normalized spacial score (nSPS) is 27.2. The number of allylic oxidation sites excluding steroid dienone is 1. The van der Waals surface area contributed by atoms with E-state index in [0.717, 1.165) is 6.42 Å².